The Kier molecular flexibility index (Phi) is 10.4. The Balaban J connectivity index is 1.63. The molecule has 1 aliphatic rings. The molecule has 2 aromatic carbocycles. The molecule has 45 heavy (non-hydrogen) atoms. The van der Waals surface area contributed by atoms with Crippen LogP contribution in [0.4, 0.5) is 33.3 Å². The van der Waals surface area contributed by atoms with Crippen LogP contribution >= 0.6 is 11.3 Å². The van der Waals surface area contributed by atoms with Gasteiger partial charge in [-0.25, -0.2) is 21.9 Å². The highest BCUT2D eigenvalue weighted by atomic mass is 32.2. The normalized spacial score (nSPS) is 17.2. The molecule has 16 heteroatoms. The lowest BCUT2D eigenvalue weighted by atomic mass is 10.0. The molecule has 0 aliphatic carbocycles. The van der Waals surface area contributed by atoms with Crippen LogP contribution in [0.3, 0.4) is 0 Å². The summed E-state index contributed by atoms with van der Waals surface area (Å²) in [5.41, 5.74) is 0.389. The molecule has 0 saturated carbocycles. The Morgan fingerprint density at radius 1 is 1.24 bits per heavy atom. The van der Waals surface area contributed by atoms with Crippen molar-refractivity contribution in [2.75, 3.05) is 43.9 Å². The van der Waals surface area contributed by atoms with Crippen LogP contribution < -0.4 is 20.1 Å². The largest absolute Gasteiger partial charge is 0.477 e. The standard InChI is InChI=1S/C29H28F5N5O4S2/c1-17(40)38-45(41,42)27-14-25(43-12-9-35)24(13-20(27)30)36-10-4-7-26-19(15-29(32,33)34)18-5-3-6-23(28(18)44-26)37-22-8-11-39(2)16-21(22)31/h3,5-6,13-14,21-22,36-37H,8,10-12,15-16H2,1-2H3,(H,38,40). The minimum atomic E-state index is -4.58. The Hall–Kier alpha value is -4.12. The minimum Gasteiger partial charge on any atom is -0.477 e. The van der Waals surface area contributed by atoms with E-state index in [1.54, 1.807) is 29.0 Å². The maximum atomic E-state index is 14.8. The summed E-state index contributed by atoms with van der Waals surface area (Å²) < 4.78 is 102. The van der Waals surface area contributed by atoms with E-state index in [1.165, 1.54) is 0 Å². The van der Waals surface area contributed by atoms with Crippen molar-refractivity contribution in [1.82, 2.24) is 9.62 Å². The van der Waals surface area contributed by atoms with Gasteiger partial charge < -0.3 is 20.3 Å². The van der Waals surface area contributed by atoms with Crippen molar-refractivity contribution in [3.63, 3.8) is 0 Å². The minimum absolute atomic E-state index is 0.0320. The lowest BCUT2D eigenvalue weighted by Gasteiger charge is -2.33. The van der Waals surface area contributed by atoms with Gasteiger partial charge in [0.05, 0.1) is 40.0 Å². The molecule has 2 heterocycles. The number of amides is 1. The van der Waals surface area contributed by atoms with Crippen LogP contribution in [0.15, 0.2) is 35.2 Å². The van der Waals surface area contributed by atoms with E-state index >= 15 is 0 Å². The summed E-state index contributed by atoms with van der Waals surface area (Å²) in [6.45, 7) is 1.08. The summed E-state index contributed by atoms with van der Waals surface area (Å²) in [4.78, 5) is 12.4. The predicted octanol–water partition coefficient (Wildman–Crippen LogP) is 4.79. The van der Waals surface area contributed by atoms with Gasteiger partial charge in [-0.3, -0.25) is 4.79 Å². The highest BCUT2D eigenvalue weighted by Crippen LogP contribution is 2.39. The van der Waals surface area contributed by atoms with Crippen molar-refractivity contribution in [2.24, 2.45) is 0 Å². The number of likely N-dealkylation sites (tertiary alicyclic amines) is 1. The van der Waals surface area contributed by atoms with Crippen LogP contribution in [0.1, 0.15) is 23.8 Å². The number of halogens is 5. The van der Waals surface area contributed by atoms with Crippen molar-refractivity contribution in [3.8, 4) is 23.7 Å². The first-order valence-electron chi connectivity index (χ1n) is 13.5. The smallest absolute Gasteiger partial charge is 0.393 e. The van der Waals surface area contributed by atoms with Crippen molar-refractivity contribution < 1.29 is 39.9 Å². The van der Waals surface area contributed by atoms with Crippen LogP contribution in [0, 0.1) is 29.0 Å². The topological polar surface area (TPSA) is 124 Å². The van der Waals surface area contributed by atoms with E-state index in [9.17, 15) is 35.2 Å². The van der Waals surface area contributed by atoms with E-state index in [4.69, 9.17) is 10.00 Å². The number of rotatable bonds is 9. The maximum Gasteiger partial charge on any atom is 0.393 e. The zero-order chi connectivity index (χ0) is 32.9. The van der Waals surface area contributed by atoms with Crippen molar-refractivity contribution in [1.29, 1.82) is 5.26 Å². The summed E-state index contributed by atoms with van der Waals surface area (Å²) in [5, 5.41) is 15.1. The fourth-order valence-electron chi connectivity index (χ4n) is 4.80. The number of carbonyl (C=O) groups is 1. The average Bonchev–Trinajstić information content (AvgIpc) is 3.27. The van der Waals surface area contributed by atoms with Gasteiger partial charge in [0.2, 0.25) is 5.91 Å². The monoisotopic (exact) mass is 669 g/mol. The third-order valence-corrected chi connectivity index (χ3v) is 9.39. The number of nitrogens with one attached hydrogen (secondary N) is 3. The molecule has 0 spiro atoms. The van der Waals surface area contributed by atoms with Gasteiger partial charge in [0, 0.05) is 32.1 Å². The van der Waals surface area contributed by atoms with E-state index in [0.29, 0.717) is 28.7 Å². The number of fused-ring (bicyclic) bond motifs is 1. The molecule has 3 N–H and O–H groups in total. The Morgan fingerprint density at radius 3 is 2.67 bits per heavy atom. The molecule has 9 nitrogen and oxygen atoms in total. The molecule has 1 aromatic heterocycles. The molecule has 1 fully saturated rings. The summed E-state index contributed by atoms with van der Waals surface area (Å²) in [6, 6.07) is 7.61. The Labute approximate surface area is 260 Å². The second-order valence-electron chi connectivity index (χ2n) is 10.2. The van der Waals surface area contributed by atoms with Crippen LogP contribution in [0.2, 0.25) is 0 Å². The van der Waals surface area contributed by atoms with Gasteiger partial charge in [0.25, 0.3) is 10.0 Å². The highest BCUT2D eigenvalue weighted by Gasteiger charge is 2.32. The second kappa shape index (κ2) is 13.9. The summed E-state index contributed by atoms with van der Waals surface area (Å²) >= 11 is 1.04. The van der Waals surface area contributed by atoms with Crippen LogP contribution in [0.25, 0.3) is 10.1 Å². The van der Waals surface area contributed by atoms with E-state index in [2.05, 4.69) is 22.5 Å². The third kappa shape index (κ3) is 8.54. The number of thiophene rings is 1. The summed E-state index contributed by atoms with van der Waals surface area (Å²) in [7, 11) is -2.76. The molecular weight excluding hydrogens is 641 g/mol. The number of anilines is 2. The second-order valence-corrected chi connectivity index (χ2v) is 12.9. The van der Waals surface area contributed by atoms with E-state index in [1.807, 2.05) is 11.9 Å². The molecule has 2 atom stereocenters. The van der Waals surface area contributed by atoms with Crippen molar-refractivity contribution in [3.05, 3.63) is 46.6 Å². The molecule has 2 unspecified atom stereocenters. The Morgan fingerprint density at radius 2 is 2.00 bits per heavy atom. The fraction of sp³-hybridized carbons (Fsp3) is 0.379. The van der Waals surface area contributed by atoms with E-state index in [-0.39, 0.29) is 35.0 Å². The highest BCUT2D eigenvalue weighted by molar-refractivity contribution is 7.90. The summed E-state index contributed by atoms with van der Waals surface area (Å²) in [6.07, 6.45) is -6.41. The molecule has 3 aromatic rings. The fourth-order valence-corrected chi connectivity index (χ4v) is 7.03. The van der Waals surface area contributed by atoms with Gasteiger partial charge in [0.15, 0.2) is 6.61 Å². The molecule has 1 saturated heterocycles. The first kappa shape index (κ1) is 33.8. The number of nitriles is 1. The van der Waals surface area contributed by atoms with Gasteiger partial charge in [-0.1, -0.05) is 24.0 Å². The van der Waals surface area contributed by atoms with Gasteiger partial charge in [-0.15, -0.1) is 11.3 Å². The van der Waals surface area contributed by atoms with Gasteiger partial charge in [-0.2, -0.15) is 18.4 Å². The van der Waals surface area contributed by atoms with Gasteiger partial charge >= 0.3 is 6.18 Å². The molecular formula is C29H28F5N5O4S2. The van der Waals surface area contributed by atoms with Gasteiger partial charge in [-0.05, 0) is 30.5 Å². The number of hydrogen-bond acceptors (Lipinski definition) is 9. The average molecular weight is 670 g/mol. The van der Waals surface area contributed by atoms with E-state index < -0.39 is 58.1 Å². The zero-order valence-electron chi connectivity index (χ0n) is 24.0. The number of carbonyl (C=O) groups excluding carboxylic acids is 1. The number of sulfonamides is 1. The number of piperidine rings is 1. The van der Waals surface area contributed by atoms with Crippen LogP contribution in [-0.4, -0.2) is 70.9 Å². The molecule has 1 aliphatic heterocycles. The SMILES string of the molecule is CC(=O)NS(=O)(=O)c1cc(OCC#N)c(NCC#Cc2sc3c(NC4CCN(C)CC4F)cccc3c2CC(F)(F)F)cc1F. The molecule has 0 radical (unpaired) electrons. The van der Waals surface area contributed by atoms with Gasteiger partial charge in [0.1, 0.15) is 28.7 Å². The van der Waals surface area contributed by atoms with Crippen molar-refractivity contribution in [2.45, 2.75) is 43.1 Å². The lowest BCUT2D eigenvalue weighted by Crippen LogP contribution is -2.46. The predicted molar refractivity (Wildman–Crippen MR) is 160 cm³/mol. The maximum absolute atomic E-state index is 14.8. The first-order valence-corrected chi connectivity index (χ1v) is 15.8. The Bertz CT molecular complexity index is 1790. The molecule has 240 valence electrons. The lowest BCUT2D eigenvalue weighted by molar-refractivity contribution is -0.127. The molecule has 1 amide bonds. The zero-order valence-corrected chi connectivity index (χ0v) is 25.7. The quantitative estimate of drug-likeness (QED) is 0.220. The van der Waals surface area contributed by atoms with Crippen LogP contribution in [0.5, 0.6) is 5.75 Å². The number of ether oxygens (including phenoxy) is 1. The summed E-state index contributed by atoms with van der Waals surface area (Å²) in [5.74, 6) is 3.02. The number of nitrogens with zero attached hydrogens (tertiary/aromatic N) is 2. The number of alkyl halides is 4. The molecule has 4 rings (SSSR count). The number of benzene rings is 2. The van der Waals surface area contributed by atoms with Crippen LogP contribution in [-0.2, 0) is 21.2 Å². The van der Waals surface area contributed by atoms with E-state index in [0.717, 1.165) is 30.4 Å². The molecule has 0 bridgehead atoms. The first-order chi connectivity index (χ1) is 21.2. The third-order valence-electron chi connectivity index (χ3n) is 6.74. The number of hydrogen-bond donors (Lipinski definition) is 3. The van der Waals surface area contributed by atoms with Crippen molar-refractivity contribution >= 4 is 48.7 Å².